The van der Waals surface area contributed by atoms with Crippen LogP contribution in [0.1, 0.15) is 24.0 Å². The molecule has 1 aromatic carbocycles. The van der Waals surface area contributed by atoms with E-state index in [9.17, 15) is 22.8 Å². The topological polar surface area (TPSA) is 215 Å². The van der Waals surface area contributed by atoms with Crippen molar-refractivity contribution in [2.45, 2.75) is 37.2 Å². The molecule has 0 fully saturated rings. The average molecular weight is 447 g/mol. The van der Waals surface area contributed by atoms with E-state index in [-0.39, 0.29) is 12.3 Å². The van der Waals surface area contributed by atoms with E-state index in [4.69, 9.17) is 42.5 Å². The molecule has 1 aliphatic heterocycles. The minimum atomic E-state index is -5.08. The molecule has 0 spiro atoms. The van der Waals surface area contributed by atoms with E-state index in [1.165, 1.54) is 0 Å². The lowest BCUT2D eigenvalue weighted by molar-refractivity contribution is -0.192. The molecule has 0 aliphatic carbocycles. The monoisotopic (exact) mass is 447 g/mol. The van der Waals surface area contributed by atoms with E-state index in [2.05, 4.69) is 5.16 Å². The summed E-state index contributed by atoms with van der Waals surface area (Å²) in [6, 6.07) is 4.18. The molecule has 31 heavy (non-hydrogen) atoms. The molecule has 0 aromatic heterocycles. The summed E-state index contributed by atoms with van der Waals surface area (Å²) in [6.07, 6.45) is -5.27. The standard InChI is InChI=1S/C15H19N5O4.C2HF3O2/c16-12(13(17)15(22)23)11(21)6-9-5-10(20-24-9)7-1-3-8(4-2-7)14(18)19;3-2(4,5)1(6)7/h1-4,9,12-13H,5-6,16-17H2,(H3,18,19)(H,22,23);(H,6,7)/t9-,12?,13-;/m0./s1. The fourth-order valence-corrected chi connectivity index (χ4v) is 2.26. The first-order valence-electron chi connectivity index (χ1n) is 8.48. The third-order valence-corrected chi connectivity index (χ3v) is 3.98. The Morgan fingerprint density at radius 1 is 1.16 bits per heavy atom. The van der Waals surface area contributed by atoms with Crippen molar-refractivity contribution in [2.24, 2.45) is 22.4 Å². The summed E-state index contributed by atoms with van der Waals surface area (Å²) in [5.41, 5.74) is 18.3. The summed E-state index contributed by atoms with van der Waals surface area (Å²) in [5.74, 6) is -4.60. The van der Waals surface area contributed by atoms with Crippen molar-refractivity contribution in [3.8, 4) is 0 Å². The third-order valence-electron chi connectivity index (χ3n) is 3.98. The number of Topliss-reactive ketones (excluding diaryl/α,β-unsaturated/α-hetero) is 1. The van der Waals surface area contributed by atoms with Gasteiger partial charge in [0, 0.05) is 18.4 Å². The van der Waals surface area contributed by atoms with Gasteiger partial charge < -0.3 is 32.3 Å². The van der Waals surface area contributed by atoms with Crippen molar-refractivity contribution in [2.75, 3.05) is 0 Å². The number of amidine groups is 1. The van der Waals surface area contributed by atoms with Gasteiger partial charge in [-0.05, 0) is 5.56 Å². The number of nitrogens with two attached hydrogens (primary N) is 3. The number of rotatable bonds is 7. The Hall–Kier alpha value is -3.52. The lowest BCUT2D eigenvalue weighted by Gasteiger charge is -2.16. The van der Waals surface area contributed by atoms with Crippen LogP contribution in [0.4, 0.5) is 13.2 Å². The van der Waals surface area contributed by atoms with Gasteiger partial charge in [0.1, 0.15) is 18.0 Å². The van der Waals surface area contributed by atoms with Crippen molar-refractivity contribution in [1.29, 1.82) is 5.41 Å². The number of ketones is 1. The van der Waals surface area contributed by atoms with Crippen molar-refractivity contribution < 1.29 is 42.6 Å². The molecule has 0 amide bonds. The molecule has 11 nitrogen and oxygen atoms in total. The molecule has 170 valence electrons. The van der Waals surface area contributed by atoms with E-state index in [0.717, 1.165) is 5.56 Å². The second-order valence-corrected chi connectivity index (χ2v) is 6.32. The smallest absolute Gasteiger partial charge is 0.480 e. The number of benzene rings is 1. The Kier molecular flexibility index (Phi) is 8.64. The number of carbonyl (C=O) groups is 3. The molecule has 1 unspecified atom stereocenters. The van der Waals surface area contributed by atoms with E-state index in [1.54, 1.807) is 24.3 Å². The zero-order chi connectivity index (χ0) is 23.9. The maximum Gasteiger partial charge on any atom is 0.490 e. The molecular weight excluding hydrogens is 427 g/mol. The van der Waals surface area contributed by atoms with Gasteiger partial charge in [0.25, 0.3) is 0 Å². The summed E-state index contributed by atoms with van der Waals surface area (Å²) < 4.78 is 31.7. The van der Waals surface area contributed by atoms with Crippen LogP contribution in [0.5, 0.6) is 0 Å². The zero-order valence-corrected chi connectivity index (χ0v) is 15.8. The number of nitrogens with one attached hydrogen (secondary N) is 1. The maximum atomic E-state index is 12.0. The summed E-state index contributed by atoms with van der Waals surface area (Å²) in [6.45, 7) is 0. The molecular formula is C17H20F3N5O6. The molecule has 0 saturated carbocycles. The minimum Gasteiger partial charge on any atom is -0.480 e. The Bertz CT molecular complexity index is 872. The molecule has 1 aromatic rings. The number of hydrogen-bond donors (Lipinski definition) is 6. The average Bonchev–Trinajstić information content (AvgIpc) is 3.14. The number of nitrogens with zero attached hydrogens (tertiary/aromatic N) is 1. The number of oxime groups is 1. The Morgan fingerprint density at radius 3 is 2.10 bits per heavy atom. The summed E-state index contributed by atoms with van der Waals surface area (Å²) in [5, 5.41) is 27.2. The van der Waals surface area contributed by atoms with E-state index >= 15 is 0 Å². The second-order valence-electron chi connectivity index (χ2n) is 6.32. The van der Waals surface area contributed by atoms with Crippen LogP contribution in [-0.2, 0) is 19.2 Å². The SMILES string of the molecule is N=C(N)c1ccc(C2=NO[C@H](CC(=O)C(N)[C@H](N)C(=O)O)C2)cc1.O=C(O)C(F)(F)F. The highest BCUT2D eigenvalue weighted by atomic mass is 19.4. The first-order chi connectivity index (χ1) is 14.2. The van der Waals surface area contributed by atoms with Gasteiger partial charge in [0.05, 0.1) is 11.8 Å². The Labute approximate surface area is 173 Å². The molecule has 1 heterocycles. The van der Waals surface area contributed by atoms with Gasteiger partial charge in [-0.2, -0.15) is 13.2 Å². The van der Waals surface area contributed by atoms with Crippen LogP contribution in [0.3, 0.4) is 0 Å². The van der Waals surface area contributed by atoms with Crippen LogP contribution in [-0.4, -0.2) is 63.8 Å². The van der Waals surface area contributed by atoms with E-state index in [1.807, 2.05) is 0 Å². The number of hydrogen-bond acceptors (Lipinski definition) is 8. The molecule has 9 N–H and O–H groups in total. The second kappa shape index (κ2) is 10.5. The van der Waals surface area contributed by atoms with Crippen molar-refractivity contribution in [3.05, 3.63) is 35.4 Å². The lowest BCUT2D eigenvalue weighted by Crippen LogP contribution is -2.52. The molecule has 3 atom stereocenters. The third kappa shape index (κ3) is 7.67. The first-order valence-corrected chi connectivity index (χ1v) is 8.48. The molecule has 0 bridgehead atoms. The highest BCUT2D eigenvalue weighted by molar-refractivity contribution is 6.03. The fourth-order valence-electron chi connectivity index (χ4n) is 2.26. The van der Waals surface area contributed by atoms with Gasteiger partial charge in [-0.1, -0.05) is 29.4 Å². The molecule has 0 saturated heterocycles. The van der Waals surface area contributed by atoms with Crippen LogP contribution in [0.2, 0.25) is 0 Å². The number of aliphatic carboxylic acids is 2. The van der Waals surface area contributed by atoms with Gasteiger partial charge in [0.2, 0.25) is 0 Å². The number of halogens is 3. The first kappa shape index (κ1) is 25.5. The molecule has 1 aliphatic rings. The minimum absolute atomic E-state index is 0.0293. The van der Waals surface area contributed by atoms with Gasteiger partial charge in [0.15, 0.2) is 5.78 Å². The summed E-state index contributed by atoms with van der Waals surface area (Å²) >= 11 is 0. The van der Waals surface area contributed by atoms with Gasteiger partial charge in [-0.25, -0.2) is 4.79 Å². The van der Waals surface area contributed by atoms with E-state index < -0.39 is 42.1 Å². The van der Waals surface area contributed by atoms with Crippen LogP contribution in [0.15, 0.2) is 29.4 Å². The van der Waals surface area contributed by atoms with Crippen molar-refractivity contribution in [3.63, 3.8) is 0 Å². The Morgan fingerprint density at radius 2 is 1.68 bits per heavy atom. The van der Waals surface area contributed by atoms with Crippen molar-refractivity contribution in [1.82, 2.24) is 0 Å². The largest absolute Gasteiger partial charge is 0.490 e. The van der Waals surface area contributed by atoms with Crippen LogP contribution >= 0.6 is 0 Å². The number of nitrogen functional groups attached to an aromatic ring is 1. The molecule has 0 radical (unpaired) electrons. The zero-order valence-electron chi connectivity index (χ0n) is 15.8. The van der Waals surface area contributed by atoms with E-state index in [0.29, 0.717) is 17.7 Å². The molecule has 14 heteroatoms. The number of carbonyl (C=O) groups excluding carboxylic acids is 1. The molecule has 2 rings (SSSR count). The summed E-state index contributed by atoms with van der Waals surface area (Å²) in [7, 11) is 0. The van der Waals surface area contributed by atoms with Crippen LogP contribution < -0.4 is 17.2 Å². The predicted molar refractivity (Wildman–Crippen MR) is 100 cm³/mol. The van der Waals surface area contributed by atoms with Gasteiger partial charge in [-0.15, -0.1) is 0 Å². The predicted octanol–water partition coefficient (Wildman–Crippen LogP) is -0.205. The number of alkyl halides is 3. The van der Waals surface area contributed by atoms with Crippen molar-refractivity contribution >= 4 is 29.3 Å². The Balaban J connectivity index is 0.000000592. The highest BCUT2D eigenvalue weighted by Crippen LogP contribution is 2.20. The number of carboxylic acids is 2. The fraction of sp³-hybridized carbons (Fsp3) is 0.353. The number of carboxylic acid groups (broad SMARTS) is 2. The normalized spacial score (nSPS) is 17.3. The quantitative estimate of drug-likeness (QED) is 0.240. The highest BCUT2D eigenvalue weighted by Gasteiger charge is 2.38. The lowest BCUT2D eigenvalue weighted by atomic mass is 9.97. The van der Waals surface area contributed by atoms with Crippen LogP contribution in [0, 0.1) is 5.41 Å². The summed E-state index contributed by atoms with van der Waals surface area (Å²) in [4.78, 5) is 36.8. The van der Waals surface area contributed by atoms with Crippen LogP contribution in [0.25, 0.3) is 0 Å². The van der Waals surface area contributed by atoms with Gasteiger partial charge in [-0.3, -0.25) is 15.0 Å². The van der Waals surface area contributed by atoms with Gasteiger partial charge >= 0.3 is 18.1 Å². The maximum absolute atomic E-state index is 12.0.